The van der Waals surface area contributed by atoms with Crippen molar-refractivity contribution in [1.29, 1.82) is 0 Å². The van der Waals surface area contributed by atoms with Crippen molar-refractivity contribution in [1.82, 2.24) is 5.43 Å². The van der Waals surface area contributed by atoms with Crippen molar-refractivity contribution < 1.29 is 33.3 Å². The molecule has 3 rings (SSSR count). The number of hydrogen-bond acceptors (Lipinski definition) is 9. The second kappa shape index (κ2) is 11.5. The Labute approximate surface area is 201 Å². The van der Waals surface area contributed by atoms with Crippen LogP contribution in [0.15, 0.2) is 17.2 Å². The molecule has 0 radical (unpaired) electrons. The minimum absolute atomic E-state index is 0.215. The van der Waals surface area contributed by atoms with Crippen LogP contribution < -0.4 is 25.0 Å². The van der Waals surface area contributed by atoms with Crippen molar-refractivity contribution in [2.45, 2.75) is 32.6 Å². The molecule has 2 amide bonds. The number of hydrazone groups is 1. The molecule has 0 unspecified atom stereocenters. The standard InChI is InChI=1S/C23H27N3O7S/c1-5-33-23(29)18-14-8-6-7-9-17(14)34-22(18)25-20(27)21(28)26-24-12-13-10-15(30-2)19(32-4)16(11-13)31-3/h10-12H,5-9H2,1-4H3,(H,25,27)(H,26,28). The summed E-state index contributed by atoms with van der Waals surface area (Å²) in [5, 5.41) is 6.70. The fraction of sp³-hybridized carbons (Fsp3) is 0.391. The van der Waals surface area contributed by atoms with Crippen LogP contribution in [0.1, 0.15) is 46.1 Å². The smallest absolute Gasteiger partial charge is 0.341 e. The van der Waals surface area contributed by atoms with Gasteiger partial charge in [0.25, 0.3) is 0 Å². The summed E-state index contributed by atoms with van der Waals surface area (Å²) in [7, 11) is 4.46. The number of amides is 2. The number of carbonyl (C=O) groups is 3. The second-order valence-corrected chi connectivity index (χ2v) is 8.35. The molecule has 0 aliphatic heterocycles. The molecule has 0 saturated heterocycles. The van der Waals surface area contributed by atoms with Gasteiger partial charge in [-0.25, -0.2) is 10.2 Å². The van der Waals surface area contributed by atoms with Crippen LogP contribution in [0.4, 0.5) is 5.00 Å². The van der Waals surface area contributed by atoms with Crippen molar-refractivity contribution in [2.24, 2.45) is 5.10 Å². The highest BCUT2D eigenvalue weighted by molar-refractivity contribution is 7.17. The molecule has 34 heavy (non-hydrogen) atoms. The SMILES string of the molecule is CCOC(=O)c1c(NC(=O)C(=O)NN=Cc2cc(OC)c(OC)c(OC)c2)sc2c1CCCC2. The van der Waals surface area contributed by atoms with Crippen LogP contribution in [-0.2, 0) is 27.2 Å². The first kappa shape index (κ1) is 25.0. The first-order valence-electron chi connectivity index (χ1n) is 10.7. The van der Waals surface area contributed by atoms with E-state index in [1.54, 1.807) is 19.1 Å². The number of aryl methyl sites for hydroxylation is 1. The number of methoxy groups -OCH3 is 3. The highest BCUT2D eigenvalue weighted by Crippen LogP contribution is 2.39. The molecule has 0 bridgehead atoms. The van der Waals surface area contributed by atoms with Crippen LogP contribution in [-0.4, -0.2) is 51.9 Å². The van der Waals surface area contributed by atoms with E-state index < -0.39 is 17.8 Å². The summed E-state index contributed by atoms with van der Waals surface area (Å²) in [6.07, 6.45) is 4.87. The third-order valence-electron chi connectivity index (χ3n) is 5.15. The lowest BCUT2D eigenvalue weighted by Crippen LogP contribution is -2.32. The zero-order valence-electron chi connectivity index (χ0n) is 19.5. The first-order chi connectivity index (χ1) is 16.4. The summed E-state index contributed by atoms with van der Waals surface area (Å²) in [5.74, 6) is -1.17. The fourth-order valence-corrected chi connectivity index (χ4v) is 4.90. The molecule has 0 atom stereocenters. The Bertz CT molecular complexity index is 1090. The average molecular weight is 490 g/mol. The molecule has 1 aliphatic carbocycles. The Balaban J connectivity index is 1.72. The lowest BCUT2D eigenvalue weighted by molar-refractivity contribution is -0.136. The molecule has 0 saturated carbocycles. The van der Waals surface area contributed by atoms with E-state index in [2.05, 4.69) is 15.8 Å². The number of benzene rings is 1. The van der Waals surface area contributed by atoms with Gasteiger partial charge in [0.1, 0.15) is 5.00 Å². The van der Waals surface area contributed by atoms with E-state index in [9.17, 15) is 14.4 Å². The van der Waals surface area contributed by atoms with Crippen LogP contribution in [0.2, 0.25) is 0 Å². The molecule has 0 spiro atoms. The molecule has 2 aromatic rings. The van der Waals surface area contributed by atoms with Crippen LogP contribution in [0.3, 0.4) is 0 Å². The monoisotopic (exact) mass is 489 g/mol. The lowest BCUT2D eigenvalue weighted by Gasteiger charge is -2.12. The van der Waals surface area contributed by atoms with Crippen LogP contribution in [0.5, 0.6) is 17.2 Å². The second-order valence-electron chi connectivity index (χ2n) is 7.25. The largest absolute Gasteiger partial charge is 0.493 e. The van der Waals surface area contributed by atoms with Crippen LogP contribution in [0, 0.1) is 0 Å². The van der Waals surface area contributed by atoms with Gasteiger partial charge in [-0.15, -0.1) is 11.3 Å². The highest BCUT2D eigenvalue weighted by Gasteiger charge is 2.28. The van der Waals surface area contributed by atoms with Gasteiger partial charge in [0.05, 0.1) is 39.7 Å². The number of carbonyl (C=O) groups excluding carboxylic acids is 3. The van der Waals surface area contributed by atoms with Gasteiger partial charge in [0.15, 0.2) is 11.5 Å². The molecule has 10 nitrogen and oxygen atoms in total. The van der Waals surface area contributed by atoms with Gasteiger partial charge < -0.3 is 24.3 Å². The quantitative estimate of drug-likeness (QED) is 0.253. The topological polar surface area (TPSA) is 125 Å². The molecule has 0 fully saturated rings. The van der Waals surface area contributed by atoms with E-state index in [0.717, 1.165) is 36.1 Å². The van der Waals surface area contributed by atoms with Crippen molar-refractivity contribution in [3.05, 3.63) is 33.7 Å². The van der Waals surface area contributed by atoms with E-state index >= 15 is 0 Å². The Hall–Kier alpha value is -3.60. The van der Waals surface area contributed by atoms with Crippen LogP contribution >= 0.6 is 11.3 Å². The van der Waals surface area contributed by atoms with E-state index in [0.29, 0.717) is 33.4 Å². The van der Waals surface area contributed by atoms with Gasteiger partial charge in [0.2, 0.25) is 5.75 Å². The minimum atomic E-state index is -0.982. The summed E-state index contributed by atoms with van der Waals surface area (Å²) in [4.78, 5) is 38.3. The summed E-state index contributed by atoms with van der Waals surface area (Å²) in [6, 6.07) is 3.28. The van der Waals surface area contributed by atoms with Crippen molar-refractivity contribution in [2.75, 3.05) is 33.3 Å². The van der Waals surface area contributed by atoms with E-state index in [4.69, 9.17) is 18.9 Å². The number of ether oxygens (including phenoxy) is 4. The van der Waals surface area contributed by atoms with Crippen molar-refractivity contribution in [3.8, 4) is 17.2 Å². The maximum atomic E-state index is 12.5. The van der Waals surface area contributed by atoms with Gasteiger partial charge in [-0.05, 0) is 50.3 Å². The summed E-state index contributed by atoms with van der Waals surface area (Å²) < 4.78 is 21.0. The molecule has 2 N–H and O–H groups in total. The van der Waals surface area contributed by atoms with E-state index in [-0.39, 0.29) is 6.61 Å². The van der Waals surface area contributed by atoms with Crippen molar-refractivity contribution >= 4 is 40.3 Å². The molecule has 1 aromatic carbocycles. The van der Waals surface area contributed by atoms with Gasteiger partial charge in [-0.3, -0.25) is 9.59 Å². The molecule has 1 aromatic heterocycles. The van der Waals surface area contributed by atoms with Gasteiger partial charge >= 0.3 is 17.8 Å². The predicted octanol–water partition coefficient (Wildman–Crippen LogP) is 2.92. The normalized spacial score (nSPS) is 12.6. The predicted molar refractivity (Wildman–Crippen MR) is 127 cm³/mol. The number of rotatable bonds is 8. The third kappa shape index (κ3) is 5.48. The summed E-state index contributed by atoms with van der Waals surface area (Å²) in [5.41, 5.74) is 3.96. The average Bonchev–Trinajstić information content (AvgIpc) is 3.21. The number of esters is 1. The number of hydrogen-bond donors (Lipinski definition) is 2. The lowest BCUT2D eigenvalue weighted by atomic mass is 9.95. The summed E-state index contributed by atoms with van der Waals surface area (Å²) in [6.45, 7) is 1.93. The van der Waals surface area contributed by atoms with Gasteiger partial charge in [0, 0.05) is 10.4 Å². The Morgan fingerprint density at radius 1 is 1.03 bits per heavy atom. The first-order valence-corrected chi connectivity index (χ1v) is 11.5. The molecule has 11 heteroatoms. The number of nitrogens with one attached hydrogen (secondary N) is 2. The van der Waals surface area contributed by atoms with Crippen molar-refractivity contribution in [3.63, 3.8) is 0 Å². The molecule has 182 valence electrons. The Morgan fingerprint density at radius 3 is 2.32 bits per heavy atom. The molecular weight excluding hydrogens is 462 g/mol. The van der Waals surface area contributed by atoms with Crippen LogP contribution in [0.25, 0.3) is 0 Å². The van der Waals surface area contributed by atoms with Gasteiger partial charge in [-0.2, -0.15) is 5.10 Å². The zero-order chi connectivity index (χ0) is 24.7. The van der Waals surface area contributed by atoms with E-state index in [1.165, 1.54) is 38.9 Å². The van der Waals surface area contributed by atoms with E-state index in [1.807, 2.05) is 0 Å². The highest BCUT2D eigenvalue weighted by atomic mass is 32.1. The molecule has 1 aliphatic rings. The number of fused-ring (bicyclic) bond motifs is 1. The molecule has 1 heterocycles. The maximum Gasteiger partial charge on any atom is 0.341 e. The number of nitrogens with zero attached hydrogens (tertiary/aromatic N) is 1. The number of anilines is 1. The van der Waals surface area contributed by atoms with Gasteiger partial charge in [-0.1, -0.05) is 0 Å². The zero-order valence-corrected chi connectivity index (χ0v) is 20.3. The molecular formula is C23H27N3O7S. The fourth-order valence-electron chi connectivity index (χ4n) is 3.63. The summed E-state index contributed by atoms with van der Waals surface area (Å²) >= 11 is 1.30. The Morgan fingerprint density at radius 2 is 1.71 bits per heavy atom. The minimum Gasteiger partial charge on any atom is -0.493 e. The third-order valence-corrected chi connectivity index (χ3v) is 6.36. The number of thiophene rings is 1. The Kier molecular flexibility index (Phi) is 8.47. The maximum absolute atomic E-state index is 12.5.